The Morgan fingerprint density at radius 3 is 2.54 bits per heavy atom. The zero-order valence-electron chi connectivity index (χ0n) is 7.47. The highest BCUT2D eigenvalue weighted by molar-refractivity contribution is 5.52. The number of halogens is 2. The van der Waals surface area contributed by atoms with E-state index in [1.54, 1.807) is 19.2 Å². The average molecular weight is 187 g/mol. The monoisotopic (exact) mass is 187 g/mol. The number of hydrogen-bond donors (Lipinski definition) is 1. The van der Waals surface area contributed by atoms with E-state index in [2.05, 4.69) is 10.1 Å². The van der Waals surface area contributed by atoms with Gasteiger partial charge in [-0.1, -0.05) is 0 Å². The van der Waals surface area contributed by atoms with Crippen LogP contribution in [0.3, 0.4) is 0 Å². The number of rotatable bonds is 3. The molecule has 0 aromatic heterocycles. The van der Waals surface area contributed by atoms with Crippen LogP contribution in [0.5, 0.6) is 5.75 Å². The molecular formula is C9H11F2NO. The maximum atomic E-state index is 11.8. The second kappa shape index (κ2) is 4.07. The number of nitrogens with one attached hydrogen (secondary N) is 1. The van der Waals surface area contributed by atoms with Gasteiger partial charge in [-0.15, -0.1) is 0 Å². The van der Waals surface area contributed by atoms with Crippen LogP contribution in [0.25, 0.3) is 0 Å². The van der Waals surface area contributed by atoms with Crippen molar-refractivity contribution < 1.29 is 13.5 Å². The third-order valence-electron chi connectivity index (χ3n) is 1.69. The first kappa shape index (κ1) is 9.77. The van der Waals surface area contributed by atoms with Gasteiger partial charge >= 0.3 is 6.61 Å². The lowest BCUT2D eigenvalue weighted by Gasteiger charge is -2.08. The van der Waals surface area contributed by atoms with Gasteiger partial charge in [0, 0.05) is 12.7 Å². The Hall–Kier alpha value is -1.32. The first-order valence-electron chi connectivity index (χ1n) is 3.86. The third kappa shape index (κ3) is 2.57. The molecule has 0 unspecified atom stereocenters. The van der Waals surface area contributed by atoms with Gasteiger partial charge in [-0.25, -0.2) is 0 Å². The Balaban J connectivity index is 2.83. The Morgan fingerprint density at radius 2 is 2.08 bits per heavy atom. The quantitative estimate of drug-likeness (QED) is 0.785. The van der Waals surface area contributed by atoms with Crippen LogP contribution in [0.1, 0.15) is 5.56 Å². The van der Waals surface area contributed by atoms with E-state index < -0.39 is 6.61 Å². The molecule has 1 aromatic rings. The molecular weight excluding hydrogens is 176 g/mol. The molecule has 0 aliphatic carbocycles. The minimum absolute atomic E-state index is 0.187. The van der Waals surface area contributed by atoms with E-state index in [1.165, 1.54) is 6.07 Å². The van der Waals surface area contributed by atoms with Gasteiger partial charge in [0.15, 0.2) is 0 Å². The highest BCUT2D eigenvalue weighted by Crippen LogP contribution is 2.21. The smallest absolute Gasteiger partial charge is 0.387 e. The first-order valence-corrected chi connectivity index (χ1v) is 3.86. The normalized spacial score (nSPS) is 10.2. The summed E-state index contributed by atoms with van der Waals surface area (Å²) in [6.07, 6.45) is 0. The minimum Gasteiger partial charge on any atom is -0.435 e. The van der Waals surface area contributed by atoms with Crippen molar-refractivity contribution in [1.82, 2.24) is 0 Å². The summed E-state index contributed by atoms with van der Waals surface area (Å²) in [6, 6.07) is 4.77. The van der Waals surface area contributed by atoms with E-state index in [0.29, 0.717) is 0 Å². The van der Waals surface area contributed by atoms with Crippen LogP contribution in [0.2, 0.25) is 0 Å². The van der Waals surface area contributed by atoms with Gasteiger partial charge in [-0.3, -0.25) is 0 Å². The highest BCUT2D eigenvalue weighted by atomic mass is 19.3. The van der Waals surface area contributed by atoms with Crippen LogP contribution in [-0.4, -0.2) is 13.7 Å². The molecule has 0 heterocycles. The molecule has 0 aliphatic rings. The fraction of sp³-hybridized carbons (Fsp3) is 0.333. The molecule has 0 bridgehead atoms. The fourth-order valence-electron chi connectivity index (χ4n) is 1.09. The van der Waals surface area contributed by atoms with Crippen molar-refractivity contribution in [3.05, 3.63) is 23.8 Å². The fourth-order valence-corrected chi connectivity index (χ4v) is 1.09. The lowest BCUT2D eigenvalue weighted by Crippen LogP contribution is -2.02. The van der Waals surface area contributed by atoms with Gasteiger partial charge in [0.25, 0.3) is 0 Å². The van der Waals surface area contributed by atoms with Gasteiger partial charge in [-0.05, 0) is 30.7 Å². The van der Waals surface area contributed by atoms with Crippen molar-refractivity contribution in [2.75, 3.05) is 12.4 Å². The Bertz CT molecular complexity index is 289. The molecule has 1 N–H and O–H groups in total. The lowest BCUT2D eigenvalue weighted by atomic mass is 10.2. The zero-order chi connectivity index (χ0) is 9.84. The topological polar surface area (TPSA) is 21.3 Å². The van der Waals surface area contributed by atoms with Gasteiger partial charge < -0.3 is 10.1 Å². The van der Waals surface area contributed by atoms with Crippen molar-refractivity contribution in [2.45, 2.75) is 13.5 Å². The summed E-state index contributed by atoms with van der Waals surface area (Å²) in [6.45, 7) is -0.940. The van der Waals surface area contributed by atoms with Crippen LogP contribution in [0.4, 0.5) is 14.5 Å². The Morgan fingerprint density at radius 1 is 1.38 bits per heavy atom. The number of ether oxygens (including phenoxy) is 1. The predicted molar refractivity (Wildman–Crippen MR) is 47.4 cm³/mol. The van der Waals surface area contributed by atoms with Crippen molar-refractivity contribution in [3.63, 3.8) is 0 Å². The molecule has 4 heteroatoms. The van der Waals surface area contributed by atoms with Crippen molar-refractivity contribution in [1.29, 1.82) is 0 Å². The van der Waals surface area contributed by atoms with E-state index in [9.17, 15) is 8.78 Å². The van der Waals surface area contributed by atoms with E-state index in [4.69, 9.17) is 0 Å². The van der Waals surface area contributed by atoms with Crippen LogP contribution in [0, 0.1) is 6.92 Å². The number of alkyl halides is 2. The minimum atomic E-state index is -2.76. The molecule has 1 rings (SSSR count). The summed E-state index contributed by atoms with van der Waals surface area (Å²) >= 11 is 0. The second-order valence-corrected chi connectivity index (χ2v) is 2.61. The van der Waals surface area contributed by atoms with Gasteiger partial charge in [0.1, 0.15) is 5.75 Å². The van der Waals surface area contributed by atoms with Gasteiger partial charge in [0.05, 0.1) is 0 Å². The largest absolute Gasteiger partial charge is 0.435 e. The van der Waals surface area contributed by atoms with Crippen LogP contribution in [0.15, 0.2) is 18.2 Å². The number of benzene rings is 1. The van der Waals surface area contributed by atoms with Crippen molar-refractivity contribution >= 4 is 5.69 Å². The lowest BCUT2D eigenvalue weighted by molar-refractivity contribution is -0.0498. The summed E-state index contributed by atoms with van der Waals surface area (Å²) in [5.41, 5.74) is 1.78. The molecule has 13 heavy (non-hydrogen) atoms. The van der Waals surface area contributed by atoms with Crippen LogP contribution in [-0.2, 0) is 0 Å². The molecule has 0 fully saturated rings. The van der Waals surface area contributed by atoms with E-state index in [0.717, 1.165) is 11.3 Å². The second-order valence-electron chi connectivity index (χ2n) is 2.61. The molecule has 0 aliphatic heterocycles. The average Bonchev–Trinajstić information content (AvgIpc) is 2.03. The van der Waals surface area contributed by atoms with Crippen LogP contribution >= 0.6 is 0 Å². The molecule has 2 nitrogen and oxygen atoms in total. The number of anilines is 1. The summed E-state index contributed by atoms with van der Waals surface area (Å²) < 4.78 is 27.8. The standard InChI is InChI=1S/C9H11F2NO/c1-6-5-7(13-9(10)11)3-4-8(6)12-2/h3-5,9,12H,1-2H3. The maximum absolute atomic E-state index is 11.8. The number of hydrogen-bond acceptors (Lipinski definition) is 2. The van der Waals surface area contributed by atoms with E-state index in [-0.39, 0.29) is 5.75 Å². The molecule has 0 radical (unpaired) electrons. The first-order chi connectivity index (χ1) is 6.13. The third-order valence-corrected chi connectivity index (χ3v) is 1.69. The Kier molecular flexibility index (Phi) is 3.06. The summed E-state index contributed by atoms with van der Waals surface area (Å²) in [4.78, 5) is 0. The molecule has 0 saturated carbocycles. The summed E-state index contributed by atoms with van der Waals surface area (Å²) in [5.74, 6) is 0.187. The summed E-state index contributed by atoms with van der Waals surface area (Å²) in [5, 5.41) is 2.93. The van der Waals surface area contributed by atoms with Crippen molar-refractivity contribution in [3.8, 4) is 5.75 Å². The molecule has 72 valence electrons. The van der Waals surface area contributed by atoms with Gasteiger partial charge in [0.2, 0.25) is 0 Å². The van der Waals surface area contributed by atoms with Crippen LogP contribution < -0.4 is 10.1 Å². The number of aryl methyl sites for hydroxylation is 1. The molecule has 0 saturated heterocycles. The molecule has 0 amide bonds. The van der Waals surface area contributed by atoms with E-state index in [1.807, 2.05) is 6.92 Å². The summed E-state index contributed by atoms with van der Waals surface area (Å²) in [7, 11) is 1.77. The molecule has 1 aromatic carbocycles. The highest BCUT2D eigenvalue weighted by Gasteiger charge is 2.05. The molecule has 0 spiro atoms. The van der Waals surface area contributed by atoms with Crippen molar-refractivity contribution in [2.24, 2.45) is 0 Å². The Labute approximate surface area is 75.5 Å². The van der Waals surface area contributed by atoms with E-state index >= 15 is 0 Å². The van der Waals surface area contributed by atoms with Gasteiger partial charge in [-0.2, -0.15) is 8.78 Å². The SMILES string of the molecule is CNc1ccc(OC(F)F)cc1C. The zero-order valence-corrected chi connectivity index (χ0v) is 7.47. The predicted octanol–water partition coefficient (Wildman–Crippen LogP) is 2.64. The maximum Gasteiger partial charge on any atom is 0.387 e. The molecule has 0 atom stereocenters.